The van der Waals surface area contributed by atoms with Gasteiger partial charge in [-0.25, -0.2) is 9.36 Å². The van der Waals surface area contributed by atoms with E-state index in [0.717, 1.165) is 89.9 Å². The second kappa shape index (κ2) is 40.2. The average molecular weight is 826 g/mol. The second-order valence-electron chi connectivity index (χ2n) is 14.9. The number of nitrogens with one attached hydrogen (secondary N) is 1. The Labute approximate surface area is 345 Å². The first kappa shape index (κ1) is 54.4. The van der Waals surface area contributed by atoms with Crippen molar-refractivity contribution in [3.63, 3.8) is 0 Å². The Balaban J connectivity index is 3.94. The summed E-state index contributed by atoms with van der Waals surface area (Å²) in [6, 6.07) is -1.55. The number of aliphatic hydroxyl groups is 1. The van der Waals surface area contributed by atoms with E-state index >= 15 is 0 Å². The highest BCUT2D eigenvalue weighted by Gasteiger charge is 2.28. The molecule has 0 saturated heterocycles. The smallest absolute Gasteiger partial charge is 0.472 e. The summed E-state index contributed by atoms with van der Waals surface area (Å²) in [5.74, 6) is -2.40. The zero-order chi connectivity index (χ0) is 42.1. The molecular weight excluding hydrogens is 745 g/mol. The van der Waals surface area contributed by atoms with Gasteiger partial charge in [0.2, 0.25) is 5.91 Å². The van der Waals surface area contributed by atoms with Crippen molar-refractivity contribution in [1.82, 2.24) is 5.32 Å². The lowest BCUT2D eigenvalue weighted by Crippen LogP contribution is -2.43. The average Bonchev–Trinajstić information content (AvgIpc) is 3.18. The minimum Gasteiger partial charge on any atom is -0.480 e. The lowest BCUT2D eigenvalue weighted by Gasteiger charge is -2.18. The molecule has 3 atom stereocenters. The maximum absolute atomic E-state index is 12.3. The molecule has 0 fully saturated rings. The van der Waals surface area contributed by atoms with Crippen LogP contribution in [-0.2, 0) is 32.7 Å². The molecule has 11 nitrogen and oxygen atoms in total. The molecule has 0 aromatic carbocycles. The molecule has 0 rings (SSSR count). The summed E-state index contributed by atoms with van der Waals surface area (Å²) in [5, 5.41) is 21.8. The van der Waals surface area contributed by atoms with E-state index in [1.807, 2.05) is 0 Å². The minimum absolute atomic E-state index is 0.134. The van der Waals surface area contributed by atoms with Crippen LogP contribution in [0.2, 0.25) is 0 Å². The predicted octanol–water partition coefficient (Wildman–Crippen LogP) is 11.4. The topological polar surface area (TPSA) is 169 Å². The van der Waals surface area contributed by atoms with Gasteiger partial charge in [0, 0.05) is 12.8 Å². The number of ether oxygens (including phenoxy) is 1. The standard InChI is InChI=1S/C45H80NO10P/c1-3-5-7-9-11-13-15-17-19-20-21-23-24-26-28-30-32-34-36-43(48)46-42(45(50)51)40-56-57(52,53)55-39-41(47)38-54-44(49)37-35-33-31-29-27-25-22-18-16-14-12-10-8-6-4-2/h12-15,18-20,22,41-42,47H,3-11,16-17,21,23-40H2,1-2H3,(H,46,48)(H,50,51)(H,52,53)/b14-12-,15-13-,20-19-,22-18-. The van der Waals surface area contributed by atoms with Crippen molar-refractivity contribution in [2.24, 2.45) is 0 Å². The fourth-order valence-electron chi connectivity index (χ4n) is 5.84. The molecule has 4 N–H and O–H groups in total. The van der Waals surface area contributed by atoms with Crippen molar-refractivity contribution < 1.29 is 47.8 Å². The Morgan fingerprint density at radius 2 is 0.965 bits per heavy atom. The van der Waals surface area contributed by atoms with Crippen LogP contribution in [0.1, 0.15) is 187 Å². The number of carboxylic acid groups (broad SMARTS) is 1. The molecule has 0 aliphatic heterocycles. The molecule has 57 heavy (non-hydrogen) atoms. The monoisotopic (exact) mass is 826 g/mol. The zero-order valence-corrected chi connectivity index (χ0v) is 36.5. The van der Waals surface area contributed by atoms with Crippen LogP contribution in [0.4, 0.5) is 0 Å². The SMILES string of the molecule is CCCCC/C=C\C/C=C\CCCCCCCC(=O)OCC(O)COP(=O)(O)OCC(NC(=O)CCCCCCCCC/C=C\C/C=C\CCCCCC)C(=O)O. The summed E-state index contributed by atoms with van der Waals surface area (Å²) in [6.45, 7) is 2.53. The first-order chi connectivity index (χ1) is 27.6. The van der Waals surface area contributed by atoms with Gasteiger partial charge in [-0.05, 0) is 77.0 Å². The number of carbonyl (C=O) groups is 3. The number of amides is 1. The highest BCUT2D eigenvalue weighted by atomic mass is 31.2. The Kier molecular flexibility index (Phi) is 38.4. The van der Waals surface area contributed by atoms with Gasteiger partial charge in [0.25, 0.3) is 0 Å². The predicted molar refractivity (Wildman–Crippen MR) is 231 cm³/mol. The summed E-state index contributed by atoms with van der Waals surface area (Å²) in [5.41, 5.74) is 0. The van der Waals surface area contributed by atoms with Crippen molar-refractivity contribution in [2.45, 2.75) is 199 Å². The lowest BCUT2D eigenvalue weighted by molar-refractivity contribution is -0.147. The van der Waals surface area contributed by atoms with Crippen molar-refractivity contribution in [3.8, 4) is 0 Å². The van der Waals surface area contributed by atoms with Gasteiger partial charge in [-0.2, -0.15) is 0 Å². The van der Waals surface area contributed by atoms with Crippen molar-refractivity contribution >= 4 is 25.7 Å². The Bertz CT molecular complexity index is 1150. The molecule has 0 heterocycles. The third-order valence-corrected chi connectivity index (χ3v) is 10.3. The maximum Gasteiger partial charge on any atom is 0.472 e. The number of aliphatic carboxylic acids is 1. The molecule has 0 aromatic heterocycles. The van der Waals surface area contributed by atoms with Crippen LogP contribution in [-0.4, -0.2) is 64.9 Å². The number of carboxylic acids is 1. The number of hydrogen-bond donors (Lipinski definition) is 4. The summed E-state index contributed by atoms with van der Waals surface area (Å²) in [6.07, 6.45) is 44.1. The molecule has 330 valence electrons. The summed E-state index contributed by atoms with van der Waals surface area (Å²) < 4.78 is 26.8. The first-order valence-corrected chi connectivity index (χ1v) is 23.7. The number of rotatable bonds is 41. The van der Waals surface area contributed by atoms with Crippen LogP contribution in [0.5, 0.6) is 0 Å². The van der Waals surface area contributed by atoms with E-state index in [2.05, 4.69) is 67.8 Å². The highest BCUT2D eigenvalue weighted by molar-refractivity contribution is 7.47. The lowest BCUT2D eigenvalue weighted by atomic mass is 10.1. The van der Waals surface area contributed by atoms with E-state index in [1.54, 1.807) is 0 Å². The number of aliphatic hydroxyl groups excluding tert-OH is 1. The van der Waals surface area contributed by atoms with Crippen LogP contribution in [0.25, 0.3) is 0 Å². The van der Waals surface area contributed by atoms with E-state index in [9.17, 15) is 34.1 Å². The molecule has 12 heteroatoms. The molecule has 0 aliphatic carbocycles. The Hall–Kier alpha value is -2.56. The van der Waals surface area contributed by atoms with E-state index in [1.165, 1.54) is 57.8 Å². The van der Waals surface area contributed by atoms with Crippen LogP contribution >= 0.6 is 7.82 Å². The van der Waals surface area contributed by atoms with E-state index in [-0.39, 0.29) is 12.8 Å². The summed E-state index contributed by atoms with van der Waals surface area (Å²) >= 11 is 0. The van der Waals surface area contributed by atoms with Crippen LogP contribution in [0.15, 0.2) is 48.6 Å². The Morgan fingerprint density at radius 3 is 1.46 bits per heavy atom. The molecule has 0 aromatic rings. The third-order valence-electron chi connectivity index (χ3n) is 9.34. The molecular formula is C45H80NO10P. The van der Waals surface area contributed by atoms with Crippen molar-refractivity contribution in [2.75, 3.05) is 19.8 Å². The number of carbonyl (C=O) groups excluding carboxylic acids is 2. The molecule has 0 spiro atoms. The molecule has 0 saturated carbocycles. The molecule has 1 amide bonds. The van der Waals surface area contributed by atoms with Crippen LogP contribution < -0.4 is 5.32 Å². The highest BCUT2D eigenvalue weighted by Crippen LogP contribution is 2.43. The van der Waals surface area contributed by atoms with E-state index in [4.69, 9.17) is 13.8 Å². The van der Waals surface area contributed by atoms with Gasteiger partial charge < -0.3 is 25.2 Å². The third kappa shape index (κ3) is 40.0. The minimum atomic E-state index is -4.76. The number of esters is 1. The Morgan fingerprint density at radius 1 is 0.561 bits per heavy atom. The van der Waals surface area contributed by atoms with Crippen LogP contribution in [0, 0.1) is 0 Å². The fourth-order valence-corrected chi connectivity index (χ4v) is 6.62. The molecule has 0 bridgehead atoms. The van der Waals surface area contributed by atoms with Gasteiger partial charge in [-0.15, -0.1) is 0 Å². The van der Waals surface area contributed by atoms with E-state index in [0.29, 0.717) is 12.8 Å². The van der Waals surface area contributed by atoms with Gasteiger partial charge in [-0.1, -0.05) is 146 Å². The van der Waals surface area contributed by atoms with Gasteiger partial charge in [-0.3, -0.25) is 18.6 Å². The molecule has 0 aliphatic rings. The number of hydrogen-bond acceptors (Lipinski definition) is 8. The maximum atomic E-state index is 12.3. The van der Waals surface area contributed by atoms with Gasteiger partial charge in [0.15, 0.2) is 6.04 Å². The number of phosphoric ester groups is 1. The number of phosphoric acid groups is 1. The molecule has 0 radical (unpaired) electrons. The molecule has 3 unspecified atom stereocenters. The summed E-state index contributed by atoms with van der Waals surface area (Å²) in [7, 11) is -4.76. The quantitative estimate of drug-likeness (QED) is 0.0201. The first-order valence-electron chi connectivity index (χ1n) is 22.2. The fraction of sp³-hybridized carbons (Fsp3) is 0.756. The van der Waals surface area contributed by atoms with E-state index < -0.39 is 57.6 Å². The van der Waals surface area contributed by atoms with Crippen molar-refractivity contribution in [1.29, 1.82) is 0 Å². The second-order valence-corrected chi connectivity index (χ2v) is 16.3. The zero-order valence-electron chi connectivity index (χ0n) is 35.6. The number of allylic oxidation sites excluding steroid dienone is 8. The van der Waals surface area contributed by atoms with Crippen LogP contribution in [0.3, 0.4) is 0 Å². The van der Waals surface area contributed by atoms with Crippen molar-refractivity contribution in [3.05, 3.63) is 48.6 Å². The van der Waals surface area contributed by atoms with Gasteiger partial charge in [0.1, 0.15) is 12.7 Å². The van der Waals surface area contributed by atoms with Gasteiger partial charge >= 0.3 is 19.8 Å². The number of unbranched alkanes of at least 4 members (excludes halogenated alkanes) is 19. The normalized spacial score (nSPS) is 14.2. The summed E-state index contributed by atoms with van der Waals surface area (Å²) in [4.78, 5) is 45.9. The largest absolute Gasteiger partial charge is 0.480 e. The van der Waals surface area contributed by atoms with Gasteiger partial charge in [0.05, 0.1) is 13.2 Å².